The molecule has 1 aliphatic rings. The van der Waals surface area contributed by atoms with Crippen LogP contribution in [0.25, 0.3) is 0 Å². The van der Waals surface area contributed by atoms with Gasteiger partial charge in [0.15, 0.2) is 11.5 Å². The zero-order valence-electron chi connectivity index (χ0n) is 13.9. The molecule has 0 saturated carbocycles. The second-order valence-electron chi connectivity index (χ2n) is 5.57. The Hall–Kier alpha value is -2.24. The highest BCUT2D eigenvalue weighted by atomic mass is 16.5. The number of anilines is 1. The van der Waals surface area contributed by atoms with Gasteiger partial charge in [0.2, 0.25) is 11.8 Å². The number of nitrogens with zero attached hydrogens (tertiary/aromatic N) is 1. The fraction of sp³-hybridized carbons (Fsp3) is 0.529. The van der Waals surface area contributed by atoms with Gasteiger partial charge in [0.05, 0.1) is 13.7 Å². The summed E-state index contributed by atoms with van der Waals surface area (Å²) in [7, 11) is 1.57. The summed E-state index contributed by atoms with van der Waals surface area (Å²) < 4.78 is 10.7. The summed E-state index contributed by atoms with van der Waals surface area (Å²) in [6.07, 6.45) is 1.39. The number of likely N-dealkylation sites (tertiary alicyclic amines) is 1. The highest BCUT2D eigenvalue weighted by molar-refractivity contribution is 5.93. The zero-order chi connectivity index (χ0) is 16.8. The molecule has 23 heavy (non-hydrogen) atoms. The van der Waals surface area contributed by atoms with Crippen molar-refractivity contribution in [2.45, 2.75) is 26.7 Å². The van der Waals surface area contributed by atoms with E-state index in [2.05, 4.69) is 5.32 Å². The predicted molar refractivity (Wildman–Crippen MR) is 87.8 cm³/mol. The van der Waals surface area contributed by atoms with E-state index in [0.29, 0.717) is 49.7 Å². The van der Waals surface area contributed by atoms with E-state index in [0.717, 1.165) is 0 Å². The molecule has 6 nitrogen and oxygen atoms in total. The topological polar surface area (TPSA) is 67.9 Å². The molecule has 0 radical (unpaired) electrons. The van der Waals surface area contributed by atoms with Crippen molar-refractivity contribution < 1.29 is 19.1 Å². The third kappa shape index (κ3) is 4.37. The molecule has 6 heteroatoms. The number of ether oxygens (including phenoxy) is 2. The first-order valence-corrected chi connectivity index (χ1v) is 7.92. The molecule has 126 valence electrons. The summed E-state index contributed by atoms with van der Waals surface area (Å²) in [6, 6.07) is 5.35. The number of benzene rings is 1. The average molecular weight is 320 g/mol. The predicted octanol–water partition coefficient (Wildman–Crippen LogP) is 2.29. The second kappa shape index (κ2) is 7.85. The molecule has 2 rings (SSSR count). The van der Waals surface area contributed by atoms with Gasteiger partial charge in [-0.2, -0.15) is 0 Å². The summed E-state index contributed by atoms with van der Waals surface area (Å²) >= 11 is 0. The van der Waals surface area contributed by atoms with Gasteiger partial charge in [-0.1, -0.05) is 0 Å². The van der Waals surface area contributed by atoms with Crippen molar-refractivity contribution >= 4 is 17.5 Å². The molecule has 0 unspecified atom stereocenters. The number of amides is 2. The maximum Gasteiger partial charge on any atom is 0.227 e. The molecule has 0 spiro atoms. The zero-order valence-corrected chi connectivity index (χ0v) is 13.9. The first-order chi connectivity index (χ1) is 11.0. The van der Waals surface area contributed by atoms with Gasteiger partial charge in [-0.3, -0.25) is 9.59 Å². The molecule has 1 aromatic rings. The van der Waals surface area contributed by atoms with Crippen LogP contribution in [-0.4, -0.2) is 43.5 Å². The van der Waals surface area contributed by atoms with Gasteiger partial charge in [-0.05, 0) is 31.9 Å². The van der Waals surface area contributed by atoms with Crippen molar-refractivity contribution in [3.8, 4) is 11.5 Å². The SMILES string of the molecule is CCOc1ccc(NC(=O)C2CCN(C(C)=O)CC2)cc1OC. The van der Waals surface area contributed by atoms with Crippen molar-refractivity contribution in [2.24, 2.45) is 5.92 Å². The van der Waals surface area contributed by atoms with E-state index >= 15 is 0 Å². The van der Waals surface area contributed by atoms with Crippen molar-refractivity contribution in [3.05, 3.63) is 18.2 Å². The van der Waals surface area contributed by atoms with Gasteiger partial charge in [0, 0.05) is 37.7 Å². The third-order valence-electron chi connectivity index (χ3n) is 4.04. The van der Waals surface area contributed by atoms with Crippen molar-refractivity contribution in [3.63, 3.8) is 0 Å². The maximum absolute atomic E-state index is 12.4. The highest BCUT2D eigenvalue weighted by Gasteiger charge is 2.26. The summed E-state index contributed by atoms with van der Waals surface area (Å²) in [6.45, 7) is 5.30. The van der Waals surface area contributed by atoms with Gasteiger partial charge >= 0.3 is 0 Å². The standard InChI is InChI=1S/C17H24N2O4/c1-4-23-15-6-5-14(11-16(15)22-3)18-17(21)13-7-9-19(10-8-13)12(2)20/h5-6,11,13H,4,7-10H2,1-3H3,(H,18,21). The quantitative estimate of drug-likeness (QED) is 0.904. The van der Waals surface area contributed by atoms with E-state index in [1.54, 1.807) is 37.1 Å². The Kier molecular flexibility index (Phi) is 5.84. The van der Waals surface area contributed by atoms with Crippen molar-refractivity contribution in [2.75, 3.05) is 32.1 Å². The monoisotopic (exact) mass is 320 g/mol. The van der Waals surface area contributed by atoms with Crippen LogP contribution in [0.5, 0.6) is 11.5 Å². The molecule has 1 fully saturated rings. The molecule has 2 amide bonds. The second-order valence-corrected chi connectivity index (χ2v) is 5.57. The molecule has 1 N–H and O–H groups in total. The highest BCUT2D eigenvalue weighted by Crippen LogP contribution is 2.30. The number of nitrogens with one attached hydrogen (secondary N) is 1. The van der Waals surface area contributed by atoms with Gasteiger partial charge in [-0.25, -0.2) is 0 Å². The average Bonchev–Trinajstić information content (AvgIpc) is 2.56. The fourth-order valence-corrected chi connectivity index (χ4v) is 2.72. The molecule has 0 atom stereocenters. The summed E-state index contributed by atoms with van der Waals surface area (Å²) in [5, 5.41) is 2.92. The number of piperidine rings is 1. The van der Waals surface area contributed by atoms with Crippen molar-refractivity contribution in [1.82, 2.24) is 4.90 Å². The van der Waals surface area contributed by atoms with Crippen LogP contribution in [-0.2, 0) is 9.59 Å². The number of rotatable bonds is 5. The minimum atomic E-state index is -0.0665. The van der Waals surface area contributed by atoms with E-state index in [1.807, 2.05) is 6.92 Å². The smallest absolute Gasteiger partial charge is 0.227 e. The Morgan fingerprint density at radius 1 is 1.26 bits per heavy atom. The lowest BCUT2D eigenvalue weighted by Gasteiger charge is -2.30. The molecule has 0 aliphatic carbocycles. The van der Waals surface area contributed by atoms with Crippen molar-refractivity contribution in [1.29, 1.82) is 0 Å². The lowest BCUT2D eigenvalue weighted by Crippen LogP contribution is -2.40. The molecule has 0 aromatic heterocycles. The van der Waals surface area contributed by atoms with Crippen LogP contribution in [0, 0.1) is 5.92 Å². The maximum atomic E-state index is 12.4. The summed E-state index contributed by atoms with van der Waals surface area (Å²) in [4.78, 5) is 25.5. The minimum Gasteiger partial charge on any atom is -0.493 e. The van der Waals surface area contributed by atoms with Crippen LogP contribution < -0.4 is 14.8 Å². The van der Waals surface area contributed by atoms with E-state index < -0.39 is 0 Å². The fourth-order valence-electron chi connectivity index (χ4n) is 2.72. The minimum absolute atomic E-state index is 0.0144. The molecule has 1 aromatic carbocycles. The molecular formula is C17H24N2O4. The molecule has 1 heterocycles. The number of hydrogen-bond donors (Lipinski definition) is 1. The Balaban J connectivity index is 1.96. The number of carbonyl (C=O) groups is 2. The van der Waals surface area contributed by atoms with Gasteiger partial charge in [0.1, 0.15) is 0 Å². The third-order valence-corrected chi connectivity index (χ3v) is 4.04. The first-order valence-electron chi connectivity index (χ1n) is 7.92. The van der Waals surface area contributed by atoms with Crippen LogP contribution in [0.2, 0.25) is 0 Å². The molecule has 1 aliphatic heterocycles. The Labute approximate surface area is 136 Å². The lowest BCUT2D eigenvalue weighted by molar-refractivity contribution is -0.132. The molecule has 1 saturated heterocycles. The van der Waals surface area contributed by atoms with E-state index in [-0.39, 0.29) is 17.7 Å². The van der Waals surface area contributed by atoms with Gasteiger partial charge < -0.3 is 19.7 Å². The number of carbonyl (C=O) groups excluding carboxylic acids is 2. The first kappa shape index (κ1) is 17.1. The van der Waals surface area contributed by atoms with Crippen LogP contribution in [0.4, 0.5) is 5.69 Å². The van der Waals surface area contributed by atoms with Gasteiger partial charge in [-0.15, -0.1) is 0 Å². The van der Waals surface area contributed by atoms with Crippen LogP contribution in [0.3, 0.4) is 0 Å². The van der Waals surface area contributed by atoms with E-state index in [9.17, 15) is 9.59 Å². The Morgan fingerprint density at radius 3 is 2.52 bits per heavy atom. The summed E-state index contributed by atoms with van der Waals surface area (Å²) in [5.41, 5.74) is 0.685. The Bertz CT molecular complexity index is 566. The van der Waals surface area contributed by atoms with E-state index in [4.69, 9.17) is 9.47 Å². The largest absolute Gasteiger partial charge is 0.493 e. The van der Waals surface area contributed by atoms with Crippen LogP contribution in [0.15, 0.2) is 18.2 Å². The number of methoxy groups -OCH3 is 1. The van der Waals surface area contributed by atoms with Crippen LogP contribution in [0.1, 0.15) is 26.7 Å². The van der Waals surface area contributed by atoms with Crippen LogP contribution >= 0.6 is 0 Å². The molecule has 0 bridgehead atoms. The molecular weight excluding hydrogens is 296 g/mol. The summed E-state index contributed by atoms with van der Waals surface area (Å²) in [5.74, 6) is 1.24. The number of hydrogen-bond acceptors (Lipinski definition) is 4. The Morgan fingerprint density at radius 2 is 1.96 bits per heavy atom. The van der Waals surface area contributed by atoms with E-state index in [1.165, 1.54) is 0 Å². The normalized spacial score (nSPS) is 15.2. The lowest BCUT2D eigenvalue weighted by atomic mass is 9.96. The van der Waals surface area contributed by atoms with Gasteiger partial charge in [0.25, 0.3) is 0 Å².